The smallest absolute Gasteiger partial charge is 0.162 e. The van der Waals surface area contributed by atoms with E-state index >= 15 is 0 Å². The Labute approximate surface area is 195 Å². The van der Waals surface area contributed by atoms with Crippen molar-refractivity contribution in [2.75, 3.05) is 43.9 Å². The van der Waals surface area contributed by atoms with Gasteiger partial charge in [-0.25, -0.2) is 19.9 Å². The number of nitrogens with one attached hydrogen (secondary N) is 2. The van der Waals surface area contributed by atoms with Gasteiger partial charge in [0.15, 0.2) is 11.5 Å². The molecule has 1 aromatic carbocycles. The molecule has 4 aromatic rings. The zero-order chi connectivity index (χ0) is 21.9. The molecule has 0 bridgehead atoms. The van der Waals surface area contributed by atoms with Crippen molar-refractivity contribution in [1.29, 1.82) is 0 Å². The Balaban J connectivity index is 1.40. The van der Waals surface area contributed by atoms with Crippen LogP contribution in [0.25, 0.3) is 21.9 Å². The third kappa shape index (κ3) is 4.52. The van der Waals surface area contributed by atoms with Gasteiger partial charge in [-0.15, -0.1) is 11.8 Å². The van der Waals surface area contributed by atoms with Crippen molar-refractivity contribution in [3.63, 3.8) is 0 Å². The molecule has 1 aliphatic rings. The van der Waals surface area contributed by atoms with E-state index in [1.54, 1.807) is 18.1 Å². The second-order valence-electron chi connectivity index (χ2n) is 7.68. The Morgan fingerprint density at radius 2 is 2.12 bits per heavy atom. The molecule has 0 aliphatic carbocycles. The number of fused-ring (bicyclic) bond motifs is 2. The Hall–Kier alpha value is -2.46. The lowest BCUT2D eigenvalue weighted by atomic mass is 10.1. The van der Waals surface area contributed by atoms with Crippen LogP contribution in [-0.2, 0) is 4.74 Å². The van der Waals surface area contributed by atoms with Gasteiger partial charge in [-0.05, 0) is 24.4 Å². The molecule has 3 aromatic heterocycles. The Morgan fingerprint density at radius 1 is 1.25 bits per heavy atom. The minimum atomic E-state index is -0.0771. The first-order valence-electron chi connectivity index (χ1n) is 10.6. The number of pyridine rings is 1. The molecule has 166 valence electrons. The summed E-state index contributed by atoms with van der Waals surface area (Å²) in [5.74, 6) is 1.62. The van der Waals surface area contributed by atoms with Crippen LogP contribution in [-0.4, -0.2) is 68.4 Å². The fraction of sp³-hybridized carbons (Fsp3) is 0.364. The van der Waals surface area contributed by atoms with Crippen LogP contribution in [0.3, 0.4) is 0 Å². The van der Waals surface area contributed by atoms with Crippen LogP contribution >= 0.6 is 23.4 Å². The van der Waals surface area contributed by atoms with E-state index in [1.165, 1.54) is 6.33 Å². The molecule has 0 unspecified atom stereocenters. The van der Waals surface area contributed by atoms with Crippen LogP contribution in [0.5, 0.6) is 0 Å². The van der Waals surface area contributed by atoms with Gasteiger partial charge in [0.25, 0.3) is 0 Å². The van der Waals surface area contributed by atoms with Gasteiger partial charge in [-0.3, -0.25) is 4.90 Å². The summed E-state index contributed by atoms with van der Waals surface area (Å²) in [6.07, 6.45) is 3.14. The van der Waals surface area contributed by atoms with Crippen molar-refractivity contribution in [2.24, 2.45) is 0 Å². The van der Waals surface area contributed by atoms with Crippen molar-refractivity contribution in [2.45, 2.75) is 18.0 Å². The summed E-state index contributed by atoms with van der Waals surface area (Å²) < 4.78 is 5.45. The van der Waals surface area contributed by atoms with E-state index in [4.69, 9.17) is 21.3 Å². The minimum Gasteiger partial charge on any atom is -0.379 e. The molecule has 1 saturated heterocycles. The molecule has 32 heavy (non-hydrogen) atoms. The van der Waals surface area contributed by atoms with Crippen LogP contribution in [0, 0.1) is 0 Å². The number of hydrogen-bond donors (Lipinski definition) is 2. The molecule has 0 saturated carbocycles. The summed E-state index contributed by atoms with van der Waals surface area (Å²) in [5, 5.41) is 7.21. The van der Waals surface area contributed by atoms with Crippen LogP contribution in [0.15, 0.2) is 41.9 Å². The van der Waals surface area contributed by atoms with Crippen molar-refractivity contribution < 1.29 is 4.74 Å². The molecule has 0 spiro atoms. The first-order valence-corrected chi connectivity index (χ1v) is 12.0. The van der Waals surface area contributed by atoms with Crippen molar-refractivity contribution >= 4 is 51.1 Å². The molecule has 0 amide bonds. The molecule has 1 atom stereocenters. The summed E-state index contributed by atoms with van der Waals surface area (Å²) >= 11 is 8.33. The first-order chi connectivity index (χ1) is 15.7. The highest BCUT2D eigenvalue weighted by atomic mass is 35.5. The standard InChI is InChI=1S/C22H24ClN7OS/c1-14(28-21-19-20(25-12-24-19)26-13-27-21)17-11-15-3-2-4-16(23)18(15)22(29-17)32-10-7-30-5-8-31-9-6-30/h2-4,11-14H,5-10H2,1H3,(H2,24,25,26,27,28)/t14-/m0/s1. The summed E-state index contributed by atoms with van der Waals surface area (Å²) in [4.78, 5) is 23.4. The molecule has 5 rings (SSSR count). The Bertz CT molecular complexity index is 1230. The van der Waals surface area contributed by atoms with Crippen molar-refractivity contribution in [3.8, 4) is 0 Å². The third-order valence-corrected chi connectivity index (χ3v) is 6.83. The summed E-state index contributed by atoms with van der Waals surface area (Å²) in [5.41, 5.74) is 2.34. The molecule has 0 radical (unpaired) electrons. The largest absolute Gasteiger partial charge is 0.379 e. The lowest BCUT2D eigenvalue weighted by Gasteiger charge is -2.26. The highest BCUT2D eigenvalue weighted by Crippen LogP contribution is 2.34. The number of aromatic nitrogens is 5. The van der Waals surface area contributed by atoms with Crippen molar-refractivity contribution in [1.82, 2.24) is 29.8 Å². The number of benzene rings is 1. The number of thioether (sulfide) groups is 1. The number of morpholine rings is 1. The van der Waals surface area contributed by atoms with Crippen LogP contribution in [0.2, 0.25) is 5.02 Å². The molecule has 2 N–H and O–H groups in total. The topological polar surface area (TPSA) is 91.9 Å². The lowest BCUT2D eigenvalue weighted by molar-refractivity contribution is 0.0410. The molecular weight excluding hydrogens is 446 g/mol. The Morgan fingerprint density at radius 3 is 3.00 bits per heavy atom. The Kier molecular flexibility index (Phi) is 6.40. The first kappa shape index (κ1) is 21.4. The molecule has 1 aliphatic heterocycles. The number of nitrogens with zero attached hydrogens (tertiary/aromatic N) is 5. The van der Waals surface area contributed by atoms with E-state index in [-0.39, 0.29) is 6.04 Å². The zero-order valence-electron chi connectivity index (χ0n) is 17.7. The van der Waals surface area contributed by atoms with Crippen LogP contribution < -0.4 is 5.32 Å². The zero-order valence-corrected chi connectivity index (χ0v) is 19.3. The highest BCUT2D eigenvalue weighted by Gasteiger charge is 2.17. The van der Waals surface area contributed by atoms with Gasteiger partial charge in [-0.1, -0.05) is 23.7 Å². The SMILES string of the molecule is C[C@H](Nc1ncnc2[nH]cnc12)c1cc2cccc(Cl)c2c(SCCN2CCOCC2)n1. The normalized spacial score (nSPS) is 15.9. The van der Waals surface area contributed by atoms with E-state index in [9.17, 15) is 0 Å². The fourth-order valence-corrected chi connectivity index (χ4v) is 5.24. The van der Waals surface area contributed by atoms with E-state index in [1.807, 2.05) is 12.1 Å². The second kappa shape index (κ2) is 9.58. The van der Waals surface area contributed by atoms with Gasteiger partial charge < -0.3 is 15.0 Å². The summed E-state index contributed by atoms with van der Waals surface area (Å²) in [6.45, 7) is 6.65. The third-order valence-electron chi connectivity index (χ3n) is 5.56. The van der Waals surface area contributed by atoms with Crippen molar-refractivity contribution in [3.05, 3.63) is 47.6 Å². The summed E-state index contributed by atoms with van der Waals surface area (Å²) in [7, 11) is 0. The number of imidazole rings is 1. The summed E-state index contributed by atoms with van der Waals surface area (Å²) in [6, 6.07) is 8.00. The monoisotopic (exact) mass is 469 g/mol. The van der Waals surface area contributed by atoms with Gasteiger partial charge >= 0.3 is 0 Å². The maximum atomic E-state index is 6.58. The molecule has 8 nitrogen and oxygen atoms in total. The number of rotatable bonds is 7. The van der Waals surface area contributed by atoms with Gasteiger partial charge in [-0.2, -0.15) is 0 Å². The fourth-order valence-electron chi connectivity index (χ4n) is 3.82. The highest BCUT2D eigenvalue weighted by molar-refractivity contribution is 7.99. The lowest BCUT2D eigenvalue weighted by Crippen LogP contribution is -2.37. The average Bonchev–Trinajstić information content (AvgIpc) is 3.30. The molecular formula is C22H24ClN7OS. The van der Waals surface area contributed by atoms with Gasteiger partial charge in [0.2, 0.25) is 0 Å². The average molecular weight is 470 g/mol. The number of halogens is 1. The van der Waals surface area contributed by atoms with E-state index in [0.717, 1.165) is 65.1 Å². The van der Waals surface area contributed by atoms with Gasteiger partial charge in [0.05, 0.1) is 36.3 Å². The number of ether oxygens (including phenoxy) is 1. The maximum Gasteiger partial charge on any atom is 0.162 e. The quantitative estimate of drug-likeness (QED) is 0.390. The van der Waals surface area contributed by atoms with Gasteiger partial charge in [0, 0.05) is 30.8 Å². The maximum absolute atomic E-state index is 6.58. The van der Waals surface area contributed by atoms with Gasteiger partial charge in [0.1, 0.15) is 16.9 Å². The second-order valence-corrected chi connectivity index (χ2v) is 9.17. The predicted molar refractivity (Wildman–Crippen MR) is 128 cm³/mol. The van der Waals surface area contributed by atoms with Crippen LogP contribution in [0.1, 0.15) is 18.7 Å². The molecule has 4 heterocycles. The van der Waals surface area contributed by atoms with E-state index < -0.39 is 0 Å². The number of aromatic amines is 1. The number of H-pyrrole nitrogens is 1. The number of hydrogen-bond acceptors (Lipinski definition) is 8. The minimum absolute atomic E-state index is 0.0771. The number of anilines is 1. The van der Waals surface area contributed by atoms with Crippen LogP contribution in [0.4, 0.5) is 5.82 Å². The van der Waals surface area contributed by atoms with E-state index in [0.29, 0.717) is 17.0 Å². The predicted octanol–water partition coefficient (Wildman–Crippen LogP) is 4.15. The molecule has 1 fully saturated rings. The molecule has 10 heteroatoms. The van der Waals surface area contributed by atoms with E-state index in [2.05, 4.69) is 49.2 Å².